The summed E-state index contributed by atoms with van der Waals surface area (Å²) in [6.07, 6.45) is 24.8. The van der Waals surface area contributed by atoms with Crippen molar-refractivity contribution in [1.82, 2.24) is 0 Å². The highest BCUT2D eigenvalue weighted by Crippen LogP contribution is 2.73. The van der Waals surface area contributed by atoms with Crippen LogP contribution in [-0.2, 0) is 49.4 Å². The Kier molecular flexibility index (Phi) is 13.4. The minimum absolute atomic E-state index is 0.00718. The fourth-order valence-corrected chi connectivity index (χ4v) is 30.4. The van der Waals surface area contributed by atoms with Crippen molar-refractivity contribution in [2.75, 3.05) is 37.1 Å². The van der Waals surface area contributed by atoms with E-state index in [1.807, 2.05) is 12.2 Å². The molecule has 3 saturated heterocycles. The summed E-state index contributed by atoms with van der Waals surface area (Å²) >= 11 is 2.09. The maximum Gasteiger partial charge on any atom is 0.161 e. The summed E-state index contributed by atoms with van der Waals surface area (Å²) in [4.78, 5) is 73.2. The van der Waals surface area contributed by atoms with Gasteiger partial charge in [-0.25, -0.2) is 8.42 Å². The zero-order valence-corrected chi connectivity index (χ0v) is 48.7. The highest BCUT2D eigenvalue weighted by molar-refractivity contribution is 8.00. The van der Waals surface area contributed by atoms with E-state index in [-0.39, 0.29) is 103 Å². The molecule has 12 nitrogen and oxygen atoms in total. The van der Waals surface area contributed by atoms with E-state index in [0.29, 0.717) is 90.0 Å². The van der Waals surface area contributed by atoms with E-state index in [1.165, 1.54) is 29.7 Å². The van der Waals surface area contributed by atoms with Crippen LogP contribution >= 0.6 is 11.8 Å². The summed E-state index contributed by atoms with van der Waals surface area (Å²) in [6.45, 7) is 5.78. The molecule has 3 heterocycles. The second-order valence-electron chi connectivity index (χ2n) is 29.0. The summed E-state index contributed by atoms with van der Waals surface area (Å²) in [5, 5.41) is 28.3. The lowest BCUT2D eigenvalue weighted by Crippen LogP contribution is -2.53. The normalized spacial score (nSPS) is 50.8. The SMILES string of the molecule is C[C@]12CCC3C(C[C@@H]4C5=CC(=O)CC[C@@]53CS4(=O)=O)C1CCC2C(=O)CO.C[C@]12CCC3C(C[C@@H]4C5=CC(=O)CC[C@@]53CS4=O)C1CCC2C(=O)CO.C[C@]12CCC3C(C[C@H]4SC[C@@]35CCC(=O)C=C45)C1CCC2C(=O)CO. The van der Waals surface area contributed by atoms with Crippen LogP contribution in [0.4, 0.5) is 0 Å². The van der Waals surface area contributed by atoms with Crippen molar-refractivity contribution in [3.8, 4) is 0 Å². The van der Waals surface area contributed by atoms with Gasteiger partial charge in [-0.1, -0.05) is 20.8 Å². The molecule has 0 aromatic heterocycles. The van der Waals surface area contributed by atoms with Crippen LogP contribution in [0.25, 0.3) is 0 Å². The fraction of sp³-hybridized carbons (Fsp3) is 0.810. The third kappa shape index (κ3) is 7.61. The van der Waals surface area contributed by atoms with Gasteiger partial charge in [-0.3, -0.25) is 33.0 Å². The van der Waals surface area contributed by atoms with Crippen LogP contribution in [-0.4, -0.2) is 115 Å². The van der Waals surface area contributed by atoms with E-state index < -0.39 is 32.5 Å². The van der Waals surface area contributed by atoms with Gasteiger partial charge >= 0.3 is 0 Å². The van der Waals surface area contributed by atoms with E-state index in [4.69, 9.17) is 0 Å². The number of aliphatic hydroxyl groups is 3. The molecule has 15 rings (SSSR count). The van der Waals surface area contributed by atoms with Gasteiger partial charge in [0, 0.05) is 80.8 Å². The van der Waals surface area contributed by atoms with Crippen molar-refractivity contribution in [2.24, 2.45) is 104 Å². The van der Waals surface area contributed by atoms with Crippen molar-refractivity contribution in [3.05, 3.63) is 34.9 Å². The second kappa shape index (κ2) is 19.0. The Morgan fingerprint density at radius 3 is 1.47 bits per heavy atom. The van der Waals surface area contributed by atoms with Crippen LogP contribution in [0.1, 0.15) is 156 Å². The summed E-state index contributed by atoms with van der Waals surface area (Å²) in [7, 11) is -4.06. The van der Waals surface area contributed by atoms with Gasteiger partial charge in [-0.2, -0.15) is 11.8 Å². The van der Waals surface area contributed by atoms with E-state index in [1.54, 1.807) is 6.08 Å². The number of sulfone groups is 1. The van der Waals surface area contributed by atoms with E-state index >= 15 is 0 Å². The molecule has 3 aliphatic heterocycles. The number of carbonyl (C=O) groups is 6. The van der Waals surface area contributed by atoms with Crippen LogP contribution in [0, 0.1) is 104 Å². The summed E-state index contributed by atoms with van der Waals surface area (Å²) in [6, 6.07) is 0. The van der Waals surface area contributed by atoms with E-state index in [9.17, 15) is 56.7 Å². The molecule has 426 valence electrons. The molecule has 78 heavy (non-hydrogen) atoms. The van der Waals surface area contributed by atoms with Gasteiger partial charge in [-0.05, 0) is 220 Å². The van der Waals surface area contributed by atoms with Crippen LogP contribution < -0.4 is 0 Å². The monoisotopic (exact) mass is 1130 g/mol. The molecule has 15 heteroatoms. The van der Waals surface area contributed by atoms with Crippen molar-refractivity contribution < 1.29 is 56.7 Å². The Labute approximate surface area is 468 Å². The smallest absolute Gasteiger partial charge is 0.161 e. The van der Waals surface area contributed by atoms with Gasteiger partial charge in [0.1, 0.15) is 19.8 Å². The van der Waals surface area contributed by atoms with Gasteiger partial charge in [0.15, 0.2) is 44.5 Å². The van der Waals surface area contributed by atoms with Gasteiger partial charge in [-0.15, -0.1) is 0 Å². The lowest BCUT2D eigenvalue weighted by atomic mass is 9.46. The fourth-order valence-electron chi connectivity index (χ4n) is 23.6. The topological polar surface area (TPSA) is 214 Å². The number of hydrogen-bond acceptors (Lipinski definition) is 13. The number of carbonyl (C=O) groups excluding carboxylic acids is 6. The Bertz CT molecular complexity index is 2870. The standard InChI is InChI=1S/C21H28O5S.C21H28O4S.C21H28O3S/c1-20-6-5-15-13(14(20)2-3-16(20)18(24)10-22)9-19-17-8-12(23)4-7-21(15,17)11-27(19,25)26;1-20-6-5-15-13(14(20)2-3-16(20)18(24)10-22)9-19-17-8-12(23)4-7-21(15,17)11-26(19)25;1-20-6-5-15-13(14(20)2-3-16(20)18(24)10-22)9-19-17-8-12(23)4-7-21(15,17)11-25-19/h8,13-16,19,22H,2-7,9-11H2,1H3;8,13-16,19,22H,2-7,9-11H2,1H3;8,13-16,19,22H,2-7,9-11H2,1H3/t13?,14?,15?,16?,19-,20+,21+;13?,14?,15?,16?,19-,20+,21+,26?;13?,14?,15?,16?,19-,20+,21+/m111/s1. The molecule has 0 amide bonds. The first-order chi connectivity index (χ1) is 37.1. The van der Waals surface area contributed by atoms with E-state index in [0.717, 1.165) is 108 Å². The predicted octanol–water partition coefficient (Wildman–Crippen LogP) is 7.90. The van der Waals surface area contributed by atoms with E-state index in [2.05, 4.69) is 32.5 Å². The third-order valence-corrected chi connectivity index (χ3v) is 32.5. The van der Waals surface area contributed by atoms with Gasteiger partial charge in [0.2, 0.25) is 0 Å². The van der Waals surface area contributed by atoms with Gasteiger partial charge in [0.25, 0.3) is 0 Å². The third-order valence-electron chi connectivity index (χ3n) is 26.9. The Balaban J connectivity index is 0.000000111. The zero-order valence-electron chi connectivity index (χ0n) is 46.2. The Morgan fingerprint density at radius 2 is 0.962 bits per heavy atom. The molecule has 0 aromatic rings. The number of ketones is 6. The van der Waals surface area contributed by atoms with Gasteiger partial charge in [0.05, 0.1) is 16.3 Å². The largest absolute Gasteiger partial charge is 0.389 e. The number of thioether (sulfide) groups is 1. The quantitative estimate of drug-likeness (QED) is 0.231. The molecule has 15 aliphatic rings. The van der Waals surface area contributed by atoms with Crippen molar-refractivity contribution in [3.63, 3.8) is 0 Å². The lowest BCUT2D eigenvalue weighted by Gasteiger charge is -2.57. The minimum atomic E-state index is -3.21. The number of aliphatic hydroxyl groups excluding tert-OH is 3. The van der Waals surface area contributed by atoms with Crippen LogP contribution in [0.2, 0.25) is 0 Å². The highest BCUT2D eigenvalue weighted by Gasteiger charge is 2.70. The number of Topliss-reactive ketones (excluding diaryl/α,β-unsaturated/α-hetero) is 3. The average Bonchev–Trinajstić information content (AvgIpc) is 3.39. The average molecular weight is 1130 g/mol. The first-order valence-electron chi connectivity index (χ1n) is 30.5. The summed E-state index contributed by atoms with van der Waals surface area (Å²) in [5.74, 6) is 7.36. The molecule has 12 aliphatic carbocycles. The number of hydrogen-bond donors (Lipinski definition) is 3. The highest BCUT2D eigenvalue weighted by atomic mass is 32.2. The molecule has 0 spiro atoms. The molecule has 13 unspecified atom stereocenters. The summed E-state index contributed by atoms with van der Waals surface area (Å²) in [5.41, 5.74) is 3.53. The van der Waals surface area contributed by atoms with Crippen LogP contribution in [0.3, 0.4) is 0 Å². The first-order valence-corrected chi connectivity index (χ1v) is 34.6. The predicted molar refractivity (Wildman–Crippen MR) is 297 cm³/mol. The zero-order chi connectivity index (χ0) is 54.9. The molecule has 12 fully saturated rings. The van der Waals surface area contributed by atoms with Crippen molar-refractivity contribution in [1.29, 1.82) is 0 Å². The molecule has 3 N–H and O–H groups in total. The minimum Gasteiger partial charge on any atom is -0.389 e. The summed E-state index contributed by atoms with van der Waals surface area (Å²) < 4.78 is 38.9. The lowest BCUT2D eigenvalue weighted by molar-refractivity contribution is -0.133. The van der Waals surface area contributed by atoms with Crippen LogP contribution in [0.5, 0.6) is 0 Å². The van der Waals surface area contributed by atoms with Crippen molar-refractivity contribution >= 4 is 67.1 Å². The Morgan fingerprint density at radius 1 is 0.538 bits per heavy atom. The first kappa shape index (κ1) is 54.8. The molecule has 6 bridgehead atoms. The molecular weight excluding hydrogens is 1040 g/mol. The number of fused-ring (bicyclic) bond motifs is 9. The molecule has 9 saturated carbocycles. The number of rotatable bonds is 6. The Hall–Kier alpha value is -2.43. The maximum atomic E-state index is 13.0. The molecule has 0 aromatic carbocycles. The molecule has 22 atom stereocenters. The van der Waals surface area contributed by atoms with Gasteiger partial charge < -0.3 is 15.3 Å². The van der Waals surface area contributed by atoms with Crippen molar-refractivity contribution in [2.45, 2.75) is 171 Å². The second-order valence-corrected chi connectivity index (χ2v) is 34.0. The molecule has 0 radical (unpaired) electrons. The van der Waals surface area contributed by atoms with Crippen LogP contribution in [0.15, 0.2) is 34.9 Å². The maximum absolute atomic E-state index is 13.0. The molecular formula is C63H84O12S3.